The van der Waals surface area contributed by atoms with Crippen LogP contribution in [-0.2, 0) is 9.53 Å². The molecule has 3 aromatic heterocycles. The van der Waals surface area contributed by atoms with Crippen LogP contribution < -0.4 is 4.74 Å². The number of ether oxygens (including phenoxy) is 2. The first-order chi connectivity index (χ1) is 16.4. The molecule has 1 N–H and O–H groups in total. The molecule has 9 heteroatoms. The number of carbonyl (C=O) groups excluding carboxylic acids is 1. The molecule has 0 saturated heterocycles. The maximum atomic E-state index is 12.1. The number of hydrogen-bond donors (Lipinski definition) is 1. The monoisotopic (exact) mass is 482 g/mol. The second-order valence-corrected chi connectivity index (χ2v) is 8.59. The van der Waals surface area contributed by atoms with Gasteiger partial charge >= 0.3 is 5.97 Å². The van der Waals surface area contributed by atoms with Gasteiger partial charge in [0, 0.05) is 23.3 Å². The van der Waals surface area contributed by atoms with Crippen LogP contribution in [0.15, 0.2) is 41.2 Å². The van der Waals surface area contributed by atoms with Crippen LogP contribution in [0.2, 0.25) is 5.02 Å². The molecule has 0 amide bonds. The maximum Gasteiger partial charge on any atom is 0.306 e. The first-order valence-electron chi connectivity index (χ1n) is 11.3. The number of nitrogens with one attached hydrogen (secondary N) is 1. The third kappa shape index (κ3) is 4.92. The zero-order valence-electron chi connectivity index (χ0n) is 19.6. The zero-order chi connectivity index (χ0) is 24.2. The van der Waals surface area contributed by atoms with Gasteiger partial charge in [0.1, 0.15) is 5.02 Å². The average Bonchev–Trinajstić information content (AvgIpc) is 3.48. The first-order valence-corrected chi connectivity index (χ1v) is 11.7. The van der Waals surface area contributed by atoms with Gasteiger partial charge in [-0.3, -0.25) is 4.79 Å². The predicted octanol–water partition coefficient (Wildman–Crippen LogP) is 6.17. The van der Waals surface area contributed by atoms with Gasteiger partial charge < -0.3 is 19.0 Å². The fourth-order valence-corrected chi connectivity index (χ4v) is 4.13. The minimum absolute atomic E-state index is 0.0402. The molecule has 178 valence electrons. The van der Waals surface area contributed by atoms with E-state index < -0.39 is 0 Å². The van der Waals surface area contributed by atoms with Crippen LogP contribution in [0, 0.1) is 0 Å². The Labute approximate surface area is 202 Å². The second-order valence-electron chi connectivity index (χ2n) is 8.18. The SMILES string of the molecule is CCOC(=O)CC(CC)c1ccc(-c2noc(-c3cnc(OC(C)C)c(Cl)c3)n2)c2[nH]ccc12. The van der Waals surface area contributed by atoms with Gasteiger partial charge in [-0.2, -0.15) is 4.98 Å². The summed E-state index contributed by atoms with van der Waals surface area (Å²) in [5.41, 5.74) is 3.35. The fraction of sp³-hybridized carbons (Fsp3) is 0.360. The number of H-pyrrole nitrogens is 1. The summed E-state index contributed by atoms with van der Waals surface area (Å²) >= 11 is 6.31. The van der Waals surface area contributed by atoms with Gasteiger partial charge in [-0.05, 0) is 56.9 Å². The van der Waals surface area contributed by atoms with E-state index in [1.807, 2.05) is 45.2 Å². The molecule has 0 radical (unpaired) electrons. The van der Waals surface area contributed by atoms with E-state index >= 15 is 0 Å². The van der Waals surface area contributed by atoms with Crippen LogP contribution in [0.1, 0.15) is 52.0 Å². The van der Waals surface area contributed by atoms with Crippen molar-refractivity contribution in [3.8, 4) is 28.7 Å². The van der Waals surface area contributed by atoms with Gasteiger partial charge in [0.2, 0.25) is 11.7 Å². The number of fused-ring (bicyclic) bond motifs is 1. The molecule has 0 aliphatic heterocycles. The molecule has 8 nitrogen and oxygen atoms in total. The van der Waals surface area contributed by atoms with Crippen molar-refractivity contribution in [3.63, 3.8) is 0 Å². The topological polar surface area (TPSA) is 103 Å². The molecule has 4 rings (SSSR count). The third-order valence-electron chi connectivity index (χ3n) is 5.48. The second kappa shape index (κ2) is 10.3. The number of aromatic nitrogens is 4. The van der Waals surface area contributed by atoms with Crippen molar-refractivity contribution in [1.82, 2.24) is 20.1 Å². The van der Waals surface area contributed by atoms with E-state index in [4.69, 9.17) is 25.6 Å². The summed E-state index contributed by atoms with van der Waals surface area (Å²) in [6.45, 7) is 8.07. The molecule has 4 aromatic rings. The molecule has 0 aliphatic carbocycles. The van der Waals surface area contributed by atoms with Gasteiger partial charge in [0.15, 0.2) is 0 Å². The molecule has 1 unspecified atom stereocenters. The number of esters is 1. The number of rotatable bonds is 9. The number of hydrogen-bond acceptors (Lipinski definition) is 7. The number of benzene rings is 1. The Balaban J connectivity index is 1.65. The Bertz CT molecular complexity index is 1300. The Morgan fingerprint density at radius 3 is 2.76 bits per heavy atom. The summed E-state index contributed by atoms with van der Waals surface area (Å²) in [6.07, 6.45) is 4.57. The molecular weight excluding hydrogens is 456 g/mol. The number of nitrogens with zero attached hydrogens (tertiary/aromatic N) is 3. The van der Waals surface area contributed by atoms with E-state index in [0.717, 1.165) is 28.5 Å². The number of carbonyl (C=O) groups is 1. The highest BCUT2D eigenvalue weighted by atomic mass is 35.5. The van der Waals surface area contributed by atoms with Crippen LogP contribution in [0.3, 0.4) is 0 Å². The predicted molar refractivity (Wildman–Crippen MR) is 130 cm³/mol. The summed E-state index contributed by atoms with van der Waals surface area (Å²) in [4.78, 5) is 24.2. The van der Waals surface area contributed by atoms with Gasteiger partial charge in [-0.1, -0.05) is 29.7 Å². The van der Waals surface area contributed by atoms with Crippen molar-refractivity contribution < 1.29 is 18.8 Å². The Morgan fingerprint density at radius 2 is 2.06 bits per heavy atom. The zero-order valence-corrected chi connectivity index (χ0v) is 20.3. The third-order valence-corrected chi connectivity index (χ3v) is 5.75. The standard InChI is InChI=1S/C25H27ClN4O4/c1-5-15(12-21(31)32-6-2)17-7-8-19(22-18(17)9-10-27-22)23-29-24(34-30-23)16-11-20(26)25(28-13-16)33-14(3)4/h7-11,13-15,27H,5-6,12H2,1-4H3. The molecule has 0 bridgehead atoms. The van der Waals surface area contributed by atoms with Crippen LogP contribution in [0.25, 0.3) is 33.7 Å². The highest BCUT2D eigenvalue weighted by Gasteiger charge is 2.21. The van der Waals surface area contributed by atoms with Crippen LogP contribution >= 0.6 is 11.6 Å². The highest BCUT2D eigenvalue weighted by molar-refractivity contribution is 6.32. The van der Waals surface area contributed by atoms with Crippen molar-refractivity contribution in [2.24, 2.45) is 0 Å². The van der Waals surface area contributed by atoms with Gasteiger partial charge in [0.05, 0.1) is 30.2 Å². The Kier molecular flexibility index (Phi) is 7.17. The van der Waals surface area contributed by atoms with Gasteiger partial charge in [-0.15, -0.1) is 0 Å². The van der Waals surface area contributed by atoms with Crippen LogP contribution in [0.4, 0.5) is 0 Å². The van der Waals surface area contributed by atoms with Crippen LogP contribution in [0.5, 0.6) is 5.88 Å². The molecule has 0 fully saturated rings. The van der Waals surface area contributed by atoms with Crippen molar-refractivity contribution in [3.05, 3.63) is 47.2 Å². The molecule has 1 aromatic carbocycles. The molecular formula is C25H27ClN4O4. The van der Waals surface area contributed by atoms with Crippen molar-refractivity contribution in [1.29, 1.82) is 0 Å². The van der Waals surface area contributed by atoms with E-state index in [0.29, 0.717) is 41.2 Å². The lowest BCUT2D eigenvalue weighted by Crippen LogP contribution is -2.10. The maximum absolute atomic E-state index is 12.1. The first kappa shape index (κ1) is 23.8. The van der Waals surface area contributed by atoms with Crippen molar-refractivity contribution >= 4 is 28.5 Å². The van der Waals surface area contributed by atoms with Crippen molar-refractivity contribution in [2.45, 2.75) is 52.6 Å². The Morgan fingerprint density at radius 1 is 1.24 bits per heavy atom. The number of pyridine rings is 1. The summed E-state index contributed by atoms with van der Waals surface area (Å²) in [6, 6.07) is 7.66. The Hall–Kier alpha value is -3.39. The quantitative estimate of drug-likeness (QED) is 0.284. The summed E-state index contributed by atoms with van der Waals surface area (Å²) in [5.74, 6) is 0.954. The minimum atomic E-state index is -0.193. The lowest BCUT2D eigenvalue weighted by atomic mass is 9.89. The number of aromatic amines is 1. The van der Waals surface area contributed by atoms with E-state index in [2.05, 4.69) is 27.0 Å². The van der Waals surface area contributed by atoms with E-state index in [9.17, 15) is 4.79 Å². The summed E-state index contributed by atoms with van der Waals surface area (Å²) in [7, 11) is 0. The molecule has 0 spiro atoms. The van der Waals surface area contributed by atoms with Gasteiger partial charge in [-0.25, -0.2) is 4.98 Å². The highest BCUT2D eigenvalue weighted by Crippen LogP contribution is 2.36. The number of halogens is 1. The molecule has 3 heterocycles. The largest absolute Gasteiger partial charge is 0.474 e. The average molecular weight is 483 g/mol. The van der Waals surface area contributed by atoms with E-state index in [-0.39, 0.29) is 18.0 Å². The molecule has 0 aliphatic rings. The van der Waals surface area contributed by atoms with Gasteiger partial charge in [0.25, 0.3) is 5.89 Å². The van der Waals surface area contributed by atoms with E-state index in [1.165, 1.54) is 0 Å². The smallest absolute Gasteiger partial charge is 0.306 e. The van der Waals surface area contributed by atoms with Crippen LogP contribution in [-0.4, -0.2) is 38.8 Å². The summed E-state index contributed by atoms with van der Waals surface area (Å²) in [5, 5.41) is 5.56. The lowest BCUT2D eigenvalue weighted by molar-refractivity contribution is -0.143. The molecule has 0 saturated carbocycles. The van der Waals surface area contributed by atoms with E-state index in [1.54, 1.807) is 12.3 Å². The van der Waals surface area contributed by atoms with Crippen molar-refractivity contribution in [2.75, 3.05) is 6.61 Å². The normalized spacial score (nSPS) is 12.3. The molecule has 34 heavy (non-hydrogen) atoms. The fourth-order valence-electron chi connectivity index (χ4n) is 3.92. The summed E-state index contributed by atoms with van der Waals surface area (Å²) < 4.78 is 16.3. The molecule has 1 atom stereocenters. The lowest BCUT2D eigenvalue weighted by Gasteiger charge is -2.16. The minimum Gasteiger partial charge on any atom is -0.474 e.